The number of hydrogen-bond donors (Lipinski definition) is 1. The monoisotopic (exact) mass is 238 g/mol. The first-order valence-corrected chi connectivity index (χ1v) is 5.76. The van der Waals surface area contributed by atoms with Crippen LogP contribution < -0.4 is 0 Å². The van der Waals surface area contributed by atoms with Crippen molar-refractivity contribution in [1.29, 1.82) is 0 Å². The van der Waals surface area contributed by atoms with E-state index in [4.69, 9.17) is 14.6 Å². The zero-order chi connectivity index (χ0) is 12.5. The molecule has 4 heteroatoms. The molecule has 0 aliphatic carbocycles. The smallest absolute Gasteiger partial charge is 0.450 e. The van der Waals surface area contributed by atoms with Crippen LogP contribution in [0.1, 0.15) is 31.4 Å². The van der Waals surface area contributed by atoms with Crippen molar-refractivity contribution in [2.75, 3.05) is 13.2 Å². The highest BCUT2D eigenvalue weighted by Gasteiger charge is 2.15. The van der Waals surface area contributed by atoms with Crippen LogP contribution >= 0.6 is 0 Å². The minimum absolute atomic E-state index is 0.408. The topological polar surface area (TPSA) is 55.8 Å². The molecule has 1 unspecified atom stereocenters. The molecular weight excluding hydrogens is 220 g/mol. The number of hydrogen-bond acceptors (Lipinski definition) is 3. The summed E-state index contributed by atoms with van der Waals surface area (Å²) in [7, 11) is 0. The van der Waals surface area contributed by atoms with Crippen LogP contribution in [0.4, 0.5) is 4.79 Å². The molecule has 0 saturated heterocycles. The van der Waals surface area contributed by atoms with Gasteiger partial charge in [-0.25, -0.2) is 4.79 Å². The minimum Gasteiger partial charge on any atom is -0.450 e. The first kappa shape index (κ1) is 13.5. The van der Waals surface area contributed by atoms with Crippen LogP contribution in [0.5, 0.6) is 0 Å². The Balaban J connectivity index is 2.52. The molecule has 17 heavy (non-hydrogen) atoms. The molecule has 0 fully saturated rings. The number of benzene rings is 1. The Kier molecular flexibility index (Phi) is 6.10. The summed E-state index contributed by atoms with van der Waals surface area (Å²) in [5.41, 5.74) is 0.881. The lowest BCUT2D eigenvalue weighted by molar-refractivity contribution is 0.0413. The highest BCUT2D eigenvalue weighted by Crippen LogP contribution is 2.22. The van der Waals surface area contributed by atoms with E-state index >= 15 is 0 Å². The lowest BCUT2D eigenvalue weighted by Crippen LogP contribution is -2.10. The third kappa shape index (κ3) is 5.36. The van der Waals surface area contributed by atoms with Crippen molar-refractivity contribution in [2.45, 2.75) is 25.9 Å². The summed E-state index contributed by atoms with van der Waals surface area (Å²) in [6.07, 6.45) is -0.235. The van der Waals surface area contributed by atoms with Gasteiger partial charge < -0.3 is 14.6 Å². The van der Waals surface area contributed by atoms with Gasteiger partial charge in [0.1, 0.15) is 6.10 Å². The third-order valence-corrected chi connectivity index (χ3v) is 2.37. The predicted molar refractivity (Wildman–Crippen MR) is 64.0 cm³/mol. The summed E-state index contributed by atoms with van der Waals surface area (Å²) in [6, 6.07) is 9.37. The van der Waals surface area contributed by atoms with Crippen LogP contribution in [0.3, 0.4) is 0 Å². The van der Waals surface area contributed by atoms with Crippen molar-refractivity contribution in [3.63, 3.8) is 0 Å². The summed E-state index contributed by atoms with van der Waals surface area (Å²) in [5.74, 6) is 0. The average Bonchev–Trinajstić information content (AvgIpc) is 2.34. The largest absolute Gasteiger partial charge is 0.506 e. The fraction of sp³-hybridized carbons (Fsp3) is 0.462. The lowest BCUT2D eigenvalue weighted by Gasteiger charge is -2.16. The number of carboxylic acid groups (broad SMARTS) is 1. The Morgan fingerprint density at radius 3 is 2.65 bits per heavy atom. The second-order valence-electron chi connectivity index (χ2n) is 3.62. The molecule has 0 bridgehead atoms. The van der Waals surface area contributed by atoms with Gasteiger partial charge in [-0.05, 0) is 25.3 Å². The van der Waals surface area contributed by atoms with E-state index in [1.54, 1.807) is 0 Å². The molecule has 1 atom stereocenters. The highest BCUT2D eigenvalue weighted by molar-refractivity contribution is 5.57. The Morgan fingerprint density at radius 1 is 1.35 bits per heavy atom. The standard InChI is InChI=1S/C13H18O4/c1-2-16-10-6-9-12(17-13(14)15)11-7-4-3-5-8-11/h3-5,7-8,12H,2,6,9-10H2,1H3,(H,14,15). The second-order valence-corrected chi connectivity index (χ2v) is 3.62. The normalized spacial score (nSPS) is 12.1. The van der Waals surface area contributed by atoms with Crippen LogP contribution in [-0.4, -0.2) is 24.5 Å². The number of rotatable bonds is 7. The maximum absolute atomic E-state index is 10.6. The Hall–Kier alpha value is -1.55. The molecule has 1 aromatic rings. The van der Waals surface area contributed by atoms with Gasteiger partial charge >= 0.3 is 6.16 Å². The van der Waals surface area contributed by atoms with Gasteiger partial charge in [-0.1, -0.05) is 30.3 Å². The van der Waals surface area contributed by atoms with Crippen LogP contribution in [0, 0.1) is 0 Å². The van der Waals surface area contributed by atoms with E-state index in [-0.39, 0.29) is 0 Å². The van der Waals surface area contributed by atoms with Gasteiger partial charge in [0.25, 0.3) is 0 Å². The molecule has 4 nitrogen and oxygen atoms in total. The highest BCUT2D eigenvalue weighted by atomic mass is 16.7. The molecule has 1 N–H and O–H groups in total. The maximum Gasteiger partial charge on any atom is 0.506 e. The maximum atomic E-state index is 10.6. The van der Waals surface area contributed by atoms with Gasteiger partial charge in [0.05, 0.1) is 0 Å². The van der Waals surface area contributed by atoms with Gasteiger partial charge in [0.15, 0.2) is 0 Å². The molecule has 1 aromatic carbocycles. The summed E-state index contributed by atoms with van der Waals surface area (Å²) in [6.45, 7) is 3.24. The van der Waals surface area contributed by atoms with Crippen LogP contribution in [0.25, 0.3) is 0 Å². The molecule has 0 radical (unpaired) electrons. The van der Waals surface area contributed by atoms with E-state index < -0.39 is 12.3 Å². The summed E-state index contributed by atoms with van der Waals surface area (Å²) in [4.78, 5) is 10.6. The van der Waals surface area contributed by atoms with Crippen LogP contribution in [0.2, 0.25) is 0 Å². The molecule has 1 rings (SSSR count). The molecule has 0 saturated carbocycles. The third-order valence-electron chi connectivity index (χ3n) is 2.37. The molecule has 0 spiro atoms. The first-order chi connectivity index (χ1) is 8.24. The molecular formula is C13H18O4. The Morgan fingerprint density at radius 2 is 2.06 bits per heavy atom. The Bertz CT molecular complexity index is 323. The van der Waals surface area contributed by atoms with E-state index in [9.17, 15) is 4.79 Å². The van der Waals surface area contributed by atoms with Crippen molar-refractivity contribution >= 4 is 6.16 Å². The summed E-state index contributed by atoms with van der Waals surface area (Å²) >= 11 is 0. The van der Waals surface area contributed by atoms with Crippen LogP contribution in [-0.2, 0) is 9.47 Å². The van der Waals surface area contributed by atoms with Crippen molar-refractivity contribution in [3.05, 3.63) is 35.9 Å². The first-order valence-electron chi connectivity index (χ1n) is 5.76. The van der Waals surface area contributed by atoms with E-state index in [2.05, 4.69) is 0 Å². The van der Waals surface area contributed by atoms with E-state index in [0.717, 1.165) is 12.0 Å². The SMILES string of the molecule is CCOCCCC(OC(=O)O)c1ccccc1. The molecule has 94 valence electrons. The molecule has 0 aliphatic rings. The summed E-state index contributed by atoms with van der Waals surface area (Å²) in [5, 5.41) is 8.69. The van der Waals surface area contributed by atoms with Gasteiger partial charge in [0.2, 0.25) is 0 Å². The van der Waals surface area contributed by atoms with Gasteiger partial charge in [-0.3, -0.25) is 0 Å². The zero-order valence-corrected chi connectivity index (χ0v) is 9.96. The van der Waals surface area contributed by atoms with Crippen molar-refractivity contribution in [1.82, 2.24) is 0 Å². The lowest BCUT2D eigenvalue weighted by atomic mass is 10.1. The molecule has 0 aromatic heterocycles. The van der Waals surface area contributed by atoms with Gasteiger partial charge in [-0.15, -0.1) is 0 Å². The quantitative estimate of drug-likeness (QED) is 0.585. The Labute approximate surface area is 101 Å². The fourth-order valence-corrected chi connectivity index (χ4v) is 1.60. The number of ether oxygens (including phenoxy) is 2. The van der Waals surface area contributed by atoms with Gasteiger partial charge in [0, 0.05) is 13.2 Å². The molecule has 0 aliphatic heterocycles. The fourth-order valence-electron chi connectivity index (χ4n) is 1.60. The average molecular weight is 238 g/mol. The second kappa shape index (κ2) is 7.68. The molecule has 0 amide bonds. The predicted octanol–water partition coefficient (Wildman–Crippen LogP) is 3.24. The van der Waals surface area contributed by atoms with Crippen molar-refractivity contribution in [2.24, 2.45) is 0 Å². The number of carbonyl (C=O) groups is 1. The minimum atomic E-state index is -1.24. The van der Waals surface area contributed by atoms with E-state index in [1.807, 2.05) is 37.3 Å². The zero-order valence-electron chi connectivity index (χ0n) is 9.96. The van der Waals surface area contributed by atoms with Crippen molar-refractivity contribution < 1.29 is 19.4 Å². The van der Waals surface area contributed by atoms with E-state index in [1.165, 1.54) is 0 Å². The van der Waals surface area contributed by atoms with Gasteiger partial charge in [-0.2, -0.15) is 0 Å². The van der Waals surface area contributed by atoms with Crippen LogP contribution in [0.15, 0.2) is 30.3 Å². The summed E-state index contributed by atoms with van der Waals surface area (Å²) < 4.78 is 10.1. The molecule has 0 heterocycles. The van der Waals surface area contributed by atoms with Crippen molar-refractivity contribution in [3.8, 4) is 0 Å². The van der Waals surface area contributed by atoms with E-state index in [0.29, 0.717) is 19.6 Å².